The third-order valence-corrected chi connectivity index (χ3v) is 5.45. The summed E-state index contributed by atoms with van der Waals surface area (Å²) < 4.78 is 7.80. The predicted molar refractivity (Wildman–Crippen MR) is 120 cm³/mol. The van der Waals surface area contributed by atoms with Crippen molar-refractivity contribution in [3.05, 3.63) is 59.1 Å². The molecule has 30 heavy (non-hydrogen) atoms. The minimum absolute atomic E-state index is 0.0465. The molecule has 2 heterocycles. The van der Waals surface area contributed by atoms with Crippen LogP contribution in [0.2, 0.25) is 0 Å². The Balaban J connectivity index is 1.58. The highest BCUT2D eigenvalue weighted by atomic mass is 79.9. The summed E-state index contributed by atoms with van der Waals surface area (Å²) in [7, 11) is 0. The Morgan fingerprint density at radius 3 is 2.63 bits per heavy atom. The molecule has 0 spiro atoms. The summed E-state index contributed by atoms with van der Waals surface area (Å²) in [6.07, 6.45) is 1.87. The third kappa shape index (κ3) is 4.24. The van der Waals surface area contributed by atoms with E-state index in [1.807, 2.05) is 48.7 Å². The van der Waals surface area contributed by atoms with Crippen molar-refractivity contribution < 1.29 is 9.32 Å². The second kappa shape index (κ2) is 8.72. The van der Waals surface area contributed by atoms with E-state index in [9.17, 15) is 4.79 Å². The van der Waals surface area contributed by atoms with E-state index >= 15 is 0 Å². The molecule has 2 aromatic heterocycles. The molecule has 0 aliphatic carbocycles. The number of nitrogen functional groups attached to an aromatic ring is 1. The second-order valence-corrected chi connectivity index (χ2v) is 7.98. The molecule has 8 nitrogen and oxygen atoms in total. The van der Waals surface area contributed by atoms with Crippen LogP contribution in [0.1, 0.15) is 0 Å². The van der Waals surface area contributed by atoms with E-state index in [1.54, 1.807) is 12.1 Å². The van der Waals surface area contributed by atoms with Crippen LogP contribution in [0.15, 0.2) is 68.6 Å². The van der Waals surface area contributed by atoms with E-state index in [4.69, 9.17) is 10.3 Å². The zero-order chi connectivity index (χ0) is 21.1. The second-order valence-electron chi connectivity index (χ2n) is 6.27. The monoisotopic (exact) mass is 484 g/mol. The highest BCUT2D eigenvalue weighted by Crippen LogP contribution is 2.34. The van der Waals surface area contributed by atoms with Gasteiger partial charge in [0.15, 0.2) is 0 Å². The lowest BCUT2D eigenvalue weighted by atomic mass is 10.2. The molecule has 0 bridgehead atoms. The van der Waals surface area contributed by atoms with Gasteiger partial charge < -0.3 is 15.6 Å². The number of nitrogens with zero attached hydrogens (tertiary/aromatic N) is 4. The van der Waals surface area contributed by atoms with Crippen LogP contribution in [-0.2, 0) is 11.3 Å². The van der Waals surface area contributed by atoms with Crippen molar-refractivity contribution in [3.63, 3.8) is 0 Å². The quantitative estimate of drug-likeness (QED) is 0.392. The predicted octanol–water partition coefficient (Wildman–Crippen LogP) is 4.31. The van der Waals surface area contributed by atoms with Crippen molar-refractivity contribution in [2.45, 2.75) is 11.6 Å². The van der Waals surface area contributed by atoms with Crippen LogP contribution in [0, 0.1) is 0 Å². The lowest BCUT2D eigenvalue weighted by Gasteiger charge is -2.06. The molecule has 3 N–H and O–H groups in total. The van der Waals surface area contributed by atoms with Gasteiger partial charge in [-0.15, -0.1) is 11.8 Å². The Morgan fingerprint density at radius 2 is 1.93 bits per heavy atom. The fourth-order valence-electron chi connectivity index (χ4n) is 2.82. The number of amides is 1. The summed E-state index contributed by atoms with van der Waals surface area (Å²) in [5.74, 6) is 0.753. The summed E-state index contributed by atoms with van der Waals surface area (Å²) in [6, 6.07) is 16.8. The molecule has 1 amide bonds. The van der Waals surface area contributed by atoms with Gasteiger partial charge in [0.1, 0.15) is 23.0 Å². The molecule has 0 aliphatic rings. The Bertz CT molecular complexity index is 1170. The average molecular weight is 485 g/mol. The largest absolute Gasteiger partial charge is 0.383 e. The number of nitrogens with two attached hydrogens (primary N) is 1. The van der Waals surface area contributed by atoms with Gasteiger partial charge >= 0.3 is 0 Å². The molecule has 0 atom stereocenters. The molecule has 0 fully saturated rings. The minimum Gasteiger partial charge on any atom is -0.383 e. The van der Waals surface area contributed by atoms with Gasteiger partial charge in [0.2, 0.25) is 11.7 Å². The summed E-state index contributed by atoms with van der Waals surface area (Å²) in [4.78, 5) is 16.9. The number of halogens is 1. The van der Waals surface area contributed by atoms with Gasteiger partial charge in [-0.1, -0.05) is 51.4 Å². The summed E-state index contributed by atoms with van der Waals surface area (Å²) in [6.45, 7) is -0.0465. The Morgan fingerprint density at radius 1 is 1.20 bits per heavy atom. The van der Waals surface area contributed by atoms with E-state index in [0.717, 1.165) is 10.0 Å². The fourth-order valence-corrected chi connectivity index (χ4v) is 3.66. The summed E-state index contributed by atoms with van der Waals surface area (Å²) in [5.41, 5.74) is 8.33. The van der Waals surface area contributed by atoms with E-state index in [-0.39, 0.29) is 24.2 Å². The normalized spacial score (nSPS) is 10.9. The topological polar surface area (TPSA) is 112 Å². The Hall–Kier alpha value is -3.11. The number of carbonyl (C=O) groups is 1. The van der Waals surface area contributed by atoms with Crippen molar-refractivity contribution in [2.24, 2.45) is 0 Å². The van der Waals surface area contributed by atoms with Crippen molar-refractivity contribution in [2.75, 3.05) is 17.3 Å². The number of anilines is 2. The number of carbonyl (C=O) groups excluding carboxylic acids is 1. The summed E-state index contributed by atoms with van der Waals surface area (Å²) in [5, 5.41) is 11.9. The van der Waals surface area contributed by atoms with Crippen molar-refractivity contribution in [1.82, 2.24) is 19.9 Å². The SMILES string of the molecule is CSc1nn(CC(=O)Nc2ccc(Br)cc2)c(N)c1-c1nc(-c2ccccc2)no1. The first-order valence-electron chi connectivity index (χ1n) is 8.90. The van der Waals surface area contributed by atoms with Crippen LogP contribution >= 0.6 is 27.7 Å². The first-order valence-corrected chi connectivity index (χ1v) is 10.9. The third-order valence-electron chi connectivity index (χ3n) is 4.25. The molecule has 0 radical (unpaired) electrons. The summed E-state index contributed by atoms with van der Waals surface area (Å²) >= 11 is 4.75. The lowest BCUT2D eigenvalue weighted by molar-refractivity contribution is -0.116. The van der Waals surface area contributed by atoms with Gasteiger partial charge in [0.05, 0.1) is 0 Å². The zero-order valence-electron chi connectivity index (χ0n) is 15.9. The number of nitrogens with one attached hydrogen (secondary N) is 1. The fraction of sp³-hybridized carbons (Fsp3) is 0.100. The molecule has 0 saturated heterocycles. The van der Waals surface area contributed by atoms with Crippen LogP contribution in [0.3, 0.4) is 0 Å². The smallest absolute Gasteiger partial charge is 0.264 e. The number of benzene rings is 2. The molecule has 0 unspecified atom stereocenters. The Kier molecular flexibility index (Phi) is 5.86. The first kappa shape index (κ1) is 20.2. The number of aromatic nitrogens is 4. The molecular formula is C20H17BrN6O2S. The standard InChI is InChI=1S/C20H17BrN6O2S/c1-30-20-16(19-24-18(26-29-19)12-5-3-2-4-6-12)17(22)27(25-20)11-15(28)23-14-9-7-13(21)8-10-14/h2-10H,11,22H2,1H3,(H,23,28). The lowest BCUT2D eigenvalue weighted by Crippen LogP contribution is -2.20. The number of rotatable bonds is 6. The van der Waals surface area contributed by atoms with E-state index < -0.39 is 0 Å². The first-order chi connectivity index (χ1) is 14.5. The van der Waals surface area contributed by atoms with Crippen LogP contribution in [0.25, 0.3) is 22.8 Å². The molecule has 152 valence electrons. The Labute approximate surface area is 185 Å². The molecule has 0 aliphatic heterocycles. The van der Waals surface area contributed by atoms with Crippen LogP contribution in [0.5, 0.6) is 0 Å². The minimum atomic E-state index is -0.249. The van der Waals surface area contributed by atoms with Gasteiger partial charge in [-0.3, -0.25) is 4.79 Å². The van der Waals surface area contributed by atoms with Crippen molar-refractivity contribution in [3.8, 4) is 22.8 Å². The zero-order valence-corrected chi connectivity index (χ0v) is 18.3. The van der Waals surface area contributed by atoms with Gasteiger partial charge in [-0.05, 0) is 30.5 Å². The van der Waals surface area contributed by atoms with Gasteiger partial charge in [0, 0.05) is 15.7 Å². The maximum absolute atomic E-state index is 12.5. The number of thioether (sulfide) groups is 1. The van der Waals surface area contributed by atoms with Crippen molar-refractivity contribution in [1.29, 1.82) is 0 Å². The molecule has 4 aromatic rings. The maximum atomic E-state index is 12.5. The number of hydrogen-bond acceptors (Lipinski definition) is 7. The van der Waals surface area contributed by atoms with Crippen LogP contribution in [0.4, 0.5) is 11.5 Å². The van der Waals surface area contributed by atoms with Crippen LogP contribution < -0.4 is 11.1 Å². The van der Waals surface area contributed by atoms with E-state index in [2.05, 4.69) is 36.5 Å². The molecule has 4 rings (SSSR count). The molecule has 2 aromatic carbocycles. The molecular weight excluding hydrogens is 468 g/mol. The highest BCUT2D eigenvalue weighted by Gasteiger charge is 2.23. The average Bonchev–Trinajstić information content (AvgIpc) is 3.35. The van der Waals surface area contributed by atoms with Gasteiger partial charge in [-0.2, -0.15) is 10.1 Å². The van der Waals surface area contributed by atoms with E-state index in [1.165, 1.54) is 16.4 Å². The van der Waals surface area contributed by atoms with Crippen LogP contribution in [-0.4, -0.2) is 32.1 Å². The van der Waals surface area contributed by atoms with Crippen molar-refractivity contribution >= 4 is 45.1 Å². The molecule has 10 heteroatoms. The van der Waals surface area contributed by atoms with Gasteiger partial charge in [0.25, 0.3) is 5.89 Å². The maximum Gasteiger partial charge on any atom is 0.264 e. The molecule has 0 saturated carbocycles. The van der Waals surface area contributed by atoms with E-state index in [0.29, 0.717) is 22.1 Å². The number of hydrogen-bond donors (Lipinski definition) is 2. The van der Waals surface area contributed by atoms with Gasteiger partial charge in [-0.25, -0.2) is 4.68 Å². The highest BCUT2D eigenvalue weighted by molar-refractivity contribution is 9.10.